The molecule has 2 atom stereocenters. The van der Waals surface area contributed by atoms with Gasteiger partial charge in [0, 0.05) is 11.3 Å². The first kappa shape index (κ1) is 18.0. The standard InChI is InChI=1S/C19H16F3N2O2/c1-18(17(23)26)9-16(12-3-2-4-13(8-12)19(20,21)22)24-15-6-5-11(10-25)7-14(15)18/h2-8,16,24H,9H2,1H3,(H2,23,26). The number of alkyl halides is 3. The summed E-state index contributed by atoms with van der Waals surface area (Å²) in [7, 11) is 0. The molecule has 1 heterocycles. The fourth-order valence-corrected chi connectivity index (χ4v) is 3.31. The van der Waals surface area contributed by atoms with Crippen LogP contribution in [0.2, 0.25) is 0 Å². The predicted octanol–water partition coefficient (Wildman–Crippen LogP) is 3.46. The summed E-state index contributed by atoms with van der Waals surface area (Å²) in [6.07, 6.45) is -2.52. The van der Waals surface area contributed by atoms with Crippen molar-refractivity contribution >= 4 is 17.9 Å². The summed E-state index contributed by atoms with van der Waals surface area (Å²) in [5.41, 5.74) is 5.49. The summed E-state index contributed by atoms with van der Waals surface area (Å²) in [6.45, 7) is 1.63. The lowest BCUT2D eigenvalue weighted by Gasteiger charge is -2.39. The van der Waals surface area contributed by atoms with E-state index in [2.05, 4.69) is 5.32 Å². The third kappa shape index (κ3) is 3.05. The third-order valence-corrected chi connectivity index (χ3v) is 4.83. The van der Waals surface area contributed by atoms with Crippen LogP contribution in [0.1, 0.15) is 41.6 Å². The largest absolute Gasteiger partial charge is 0.416 e. The monoisotopic (exact) mass is 361 g/mol. The van der Waals surface area contributed by atoms with E-state index in [1.807, 2.05) is 0 Å². The van der Waals surface area contributed by atoms with Gasteiger partial charge in [0.2, 0.25) is 12.2 Å². The molecule has 1 aliphatic heterocycles. The summed E-state index contributed by atoms with van der Waals surface area (Å²) >= 11 is 0. The van der Waals surface area contributed by atoms with Gasteiger partial charge in [-0.2, -0.15) is 13.2 Å². The minimum absolute atomic E-state index is 0.166. The fourth-order valence-electron chi connectivity index (χ4n) is 3.31. The summed E-state index contributed by atoms with van der Waals surface area (Å²) < 4.78 is 39.0. The first-order valence-electron chi connectivity index (χ1n) is 7.91. The Labute approximate surface area is 148 Å². The Morgan fingerprint density at radius 3 is 2.62 bits per heavy atom. The molecule has 0 aliphatic carbocycles. The number of anilines is 1. The van der Waals surface area contributed by atoms with Crippen LogP contribution in [0.25, 0.3) is 0 Å². The Kier molecular flexibility index (Phi) is 4.26. The quantitative estimate of drug-likeness (QED) is 0.879. The van der Waals surface area contributed by atoms with Gasteiger partial charge in [0.25, 0.3) is 0 Å². The van der Waals surface area contributed by atoms with Crippen LogP contribution in [0.15, 0.2) is 42.5 Å². The van der Waals surface area contributed by atoms with E-state index in [0.29, 0.717) is 16.8 Å². The highest BCUT2D eigenvalue weighted by Crippen LogP contribution is 2.45. The van der Waals surface area contributed by atoms with Crippen LogP contribution in [0.3, 0.4) is 0 Å². The molecular weight excluding hydrogens is 345 g/mol. The Morgan fingerprint density at radius 2 is 2.00 bits per heavy atom. The maximum Gasteiger partial charge on any atom is 0.416 e. The highest BCUT2D eigenvalue weighted by Gasteiger charge is 2.42. The van der Waals surface area contributed by atoms with Crippen molar-refractivity contribution in [1.29, 1.82) is 0 Å². The molecule has 3 rings (SSSR count). The van der Waals surface area contributed by atoms with E-state index in [4.69, 9.17) is 5.73 Å². The second kappa shape index (κ2) is 6.16. The number of primary amides is 1. The minimum atomic E-state index is -4.45. The third-order valence-electron chi connectivity index (χ3n) is 4.83. The molecule has 1 aliphatic rings. The molecule has 0 fully saturated rings. The van der Waals surface area contributed by atoms with Crippen molar-refractivity contribution in [3.05, 3.63) is 64.7 Å². The second-order valence-electron chi connectivity index (χ2n) is 6.58. The number of carbonyl (C=O) groups excluding carboxylic acids is 2. The average molecular weight is 361 g/mol. The van der Waals surface area contributed by atoms with Crippen LogP contribution in [-0.2, 0) is 21.2 Å². The first-order chi connectivity index (χ1) is 12.1. The maximum absolute atomic E-state index is 13.0. The maximum atomic E-state index is 13.0. The molecule has 4 nitrogen and oxygen atoms in total. The number of rotatable bonds is 3. The number of halogens is 3. The minimum Gasteiger partial charge on any atom is -0.378 e. The summed E-state index contributed by atoms with van der Waals surface area (Å²) in [5.74, 6) is -0.611. The van der Waals surface area contributed by atoms with Crippen LogP contribution in [0.4, 0.5) is 18.9 Å². The molecule has 0 spiro atoms. The van der Waals surface area contributed by atoms with Gasteiger partial charge in [0.05, 0.1) is 17.0 Å². The molecule has 2 aromatic rings. The van der Waals surface area contributed by atoms with Gasteiger partial charge in [-0.3, -0.25) is 9.59 Å². The lowest BCUT2D eigenvalue weighted by Crippen LogP contribution is -2.44. The van der Waals surface area contributed by atoms with E-state index in [9.17, 15) is 22.8 Å². The molecule has 0 saturated carbocycles. The molecule has 3 N–H and O–H groups in total. The number of hydrogen-bond acceptors (Lipinski definition) is 3. The molecule has 135 valence electrons. The van der Waals surface area contributed by atoms with Crippen molar-refractivity contribution in [2.45, 2.75) is 31.0 Å². The predicted molar refractivity (Wildman–Crippen MR) is 90.2 cm³/mol. The smallest absolute Gasteiger partial charge is 0.378 e. The topological polar surface area (TPSA) is 72.2 Å². The Balaban J connectivity index is 2.07. The van der Waals surface area contributed by atoms with Gasteiger partial charge in [0.15, 0.2) is 0 Å². The van der Waals surface area contributed by atoms with Gasteiger partial charge >= 0.3 is 6.18 Å². The zero-order chi connectivity index (χ0) is 19.1. The van der Waals surface area contributed by atoms with Gasteiger partial charge in [-0.1, -0.05) is 12.1 Å². The summed E-state index contributed by atoms with van der Waals surface area (Å²) in [5, 5.41) is 3.15. The molecule has 1 radical (unpaired) electrons. The van der Waals surface area contributed by atoms with E-state index >= 15 is 0 Å². The average Bonchev–Trinajstić information content (AvgIpc) is 2.60. The molecule has 26 heavy (non-hydrogen) atoms. The Morgan fingerprint density at radius 1 is 1.27 bits per heavy atom. The molecule has 2 aromatic carbocycles. The molecular formula is C19H16F3N2O2. The first-order valence-corrected chi connectivity index (χ1v) is 7.91. The van der Waals surface area contributed by atoms with Gasteiger partial charge < -0.3 is 11.1 Å². The van der Waals surface area contributed by atoms with Crippen molar-refractivity contribution in [3.63, 3.8) is 0 Å². The van der Waals surface area contributed by atoms with Crippen LogP contribution in [-0.4, -0.2) is 12.2 Å². The van der Waals surface area contributed by atoms with Gasteiger partial charge in [-0.05, 0) is 54.8 Å². The van der Waals surface area contributed by atoms with E-state index in [1.54, 1.807) is 25.3 Å². The molecule has 1 amide bonds. The zero-order valence-corrected chi connectivity index (χ0v) is 13.9. The van der Waals surface area contributed by atoms with Crippen molar-refractivity contribution in [2.75, 3.05) is 5.32 Å². The number of nitrogens with one attached hydrogen (secondary N) is 1. The van der Waals surface area contributed by atoms with Gasteiger partial charge in [-0.15, -0.1) is 0 Å². The summed E-state index contributed by atoms with van der Waals surface area (Å²) in [6, 6.07) is 9.10. The van der Waals surface area contributed by atoms with Crippen molar-refractivity contribution in [2.24, 2.45) is 5.73 Å². The zero-order valence-electron chi connectivity index (χ0n) is 13.9. The number of hydrogen-bond donors (Lipinski definition) is 2. The number of fused-ring (bicyclic) bond motifs is 1. The number of nitrogens with two attached hydrogens (primary N) is 1. The second-order valence-corrected chi connectivity index (χ2v) is 6.58. The van der Waals surface area contributed by atoms with Crippen LogP contribution in [0.5, 0.6) is 0 Å². The van der Waals surface area contributed by atoms with Crippen LogP contribution >= 0.6 is 0 Å². The van der Waals surface area contributed by atoms with E-state index in [1.165, 1.54) is 18.2 Å². The number of amides is 1. The fraction of sp³-hybridized carbons (Fsp3) is 0.263. The molecule has 0 saturated heterocycles. The van der Waals surface area contributed by atoms with Gasteiger partial charge in [-0.25, -0.2) is 0 Å². The number of carbonyl (C=O) groups is 1. The van der Waals surface area contributed by atoms with Crippen molar-refractivity contribution < 1.29 is 22.8 Å². The Hall–Kier alpha value is -2.83. The molecule has 0 aromatic heterocycles. The SMILES string of the molecule is CC1(C(N)=O)CC(c2cccc(C(F)(F)F)c2)Nc2ccc([C]=O)cc21. The molecule has 2 unspecified atom stereocenters. The molecule has 7 heteroatoms. The van der Waals surface area contributed by atoms with Crippen molar-refractivity contribution in [3.8, 4) is 0 Å². The lowest BCUT2D eigenvalue weighted by atomic mass is 9.71. The van der Waals surface area contributed by atoms with Crippen LogP contribution in [0, 0.1) is 0 Å². The van der Waals surface area contributed by atoms with Crippen LogP contribution < -0.4 is 11.1 Å². The lowest BCUT2D eigenvalue weighted by molar-refractivity contribution is -0.137. The van der Waals surface area contributed by atoms with Gasteiger partial charge in [0.1, 0.15) is 0 Å². The summed E-state index contributed by atoms with van der Waals surface area (Å²) in [4.78, 5) is 23.1. The highest BCUT2D eigenvalue weighted by molar-refractivity contribution is 5.90. The normalized spacial score (nSPS) is 22.2. The number of benzene rings is 2. The van der Waals surface area contributed by atoms with E-state index in [-0.39, 0.29) is 12.0 Å². The van der Waals surface area contributed by atoms with Crippen molar-refractivity contribution in [1.82, 2.24) is 0 Å². The molecule has 0 bridgehead atoms. The van der Waals surface area contributed by atoms with E-state index in [0.717, 1.165) is 12.1 Å². The Bertz CT molecular complexity index is 879. The highest BCUT2D eigenvalue weighted by atomic mass is 19.4. The van der Waals surface area contributed by atoms with E-state index < -0.39 is 29.1 Å².